The van der Waals surface area contributed by atoms with Crippen molar-refractivity contribution in [2.24, 2.45) is 5.73 Å². The van der Waals surface area contributed by atoms with E-state index in [2.05, 4.69) is 4.98 Å². The summed E-state index contributed by atoms with van der Waals surface area (Å²) in [6.45, 7) is 0.295. The third-order valence-electron chi connectivity index (χ3n) is 5.54. The summed E-state index contributed by atoms with van der Waals surface area (Å²) in [6.07, 6.45) is 8.49. The molecule has 0 bridgehead atoms. The summed E-state index contributed by atoms with van der Waals surface area (Å²) < 4.78 is 19.7. The predicted molar refractivity (Wildman–Crippen MR) is 121 cm³/mol. The molecule has 5 rings (SSSR count). The highest BCUT2D eigenvalue weighted by atomic mass is 32.1. The first-order chi connectivity index (χ1) is 15.2. The lowest BCUT2D eigenvalue weighted by Crippen LogP contribution is -2.30. The molecule has 7 heteroatoms. The Bertz CT molecular complexity index is 1210. The van der Waals surface area contributed by atoms with Crippen LogP contribution < -0.4 is 10.5 Å². The maximum Gasteiger partial charge on any atom is 0.226 e. The molecule has 0 radical (unpaired) electrons. The minimum Gasteiger partial charge on any atom is -0.475 e. The minimum absolute atomic E-state index is 0.255. The smallest absolute Gasteiger partial charge is 0.226 e. The van der Waals surface area contributed by atoms with E-state index in [0.717, 1.165) is 34.2 Å². The number of hydrogen-bond donors (Lipinski definition) is 1. The van der Waals surface area contributed by atoms with Gasteiger partial charge >= 0.3 is 0 Å². The molecule has 1 aliphatic rings. The Labute approximate surface area is 184 Å². The largest absolute Gasteiger partial charge is 0.475 e. The fraction of sp³-hybridized carbons (Fsp3) is 0.292. The summed E-state index contributed by atoms with van der Waals surface area (Å²) in [4.78, 5) is 16.0. The van der Waals surface area contributed by atoms with E-state index < -0.39 is 0 Å². The SMILES string of the molecule is N[C@H](COc1nc(-c2ccncc2)nc2sc3c(c12)CCCC3)Cc1cccc(F)c1. The van der Waals surface area contributed by atoms with Crippen LogP contribution in [-0.4, -0.2) is 27.6 Å². The molecule has 3 heterocycles. The molecule has 1 atom stereocenters. The van der Waals surface area contributed by atoms with Crippen LogP contribution in [0.3, 0.4) is 0 Å². The molecule has 0 saturated heterocycles. The number of ether oxygens (including phenoxy) is 1. The average Bonchev–Trinajstić information content (AvgIpc) is 3.17. The Hall–Kier alpha value is -2.90. The predicted octanol–water partition coefficient (Wildman–Crippen LogP) is 4.72. The first kappa shape index (κ1) is 20.0. The number of nitrogens with two attached hydrogens (primary N) is 1. The van der Waals surface area contributed by atoms with Crippen LogP contribution in [-0.2, 0) is 19.3 Å². The number of aryl methyl sites for hydroxylation is 2. The van der Waals surface area contributed by atoms with E-state index in [1.807, 2.05) is 18.2 Å². The lowest BCUT2D eigenvalue weighted by Gasteiger charge is -2.16. The molecule has 158 valence electrons. The van der Waals surface area contributed by atoms with Crippen LogP contribution in [0.5, 0.6) is 5.88 Å². The van der Waals surface area contributed by atoms with Crippen molar-refractivity contribution in [3.8, 4) is 17.3 Å². The number of hydrogen-bond acceptors (Lipinski definition) is 6. The molecule has 5 nitrogen and oxygen atoms in total. The number of rotatable bonds is 6. The van der Waals surface area contributed by atoms with Crippen molar-refractivity contribution in [1.82, 2.24) is 15.0 Å². The van der Waals surface area contributed by atoms with Crippen LogP contribution in [0.25, 0.3) is 21.6 Å². The van der Waals surface area contributed by atoms with Crippen molar-refractivity contribution in [3.63, 3.8) is 0 Å². The van der Waals surface area contributed by atoms with Gasteiger partial charge in [-0.2, -0.15) is 4.98 Å². The fourth-order valence-electron chi connectivity index (χ4n) is 4.07. The molecule has 4 aromatic rings. The van der Waals surface area contributed by atoms with Crippen LogP contribution >= 0.6 is 11.3 Å². The second-order valence-electron chi connectivity index (χ2n) is 7.88. The molecule has 0 spiro atoms. The summed E-state index contributed by atoms with van der Waals surface area (Å²) in [6, 6.07) is 10.0. The fourth-order valence-corrected chi connectivity index (χ4v) is 5.32. The zero-order valence-corrected chi connectivity index (χ0v) is 17.9. The number of halogens is 1. The van der Waals surface area contributed by atoms with Crippen molar-refractivity contribution >= 4 is 21.6 Å². The van der Waals surface area contributed by atoms with E-state index in [4.69, 9.17) is 20.4 Å². The second kappa shape index (κ2) is 8.69. The van der Waals surface area contributed by atoms with E-state index >= 15 is 0 Å². The highest BCUT2D eigenvalue weighted by molar-refractivity contribution is 7.18. The van der Waals surface area contributed by atoms with Crippen LogP contribution in [0.2, 0.25) is 0 Å². The number of thiophene rings is 1. The zero-order chi connectivity index (χ0) is 21.2. The third-order valence-corrected chi connectivity index (χ3v) is 6.73. The molecule has 2 N–H and O–H groups in total. The van der Waals surface area contributed by atoms with Crippen molar-refractivity contribution in [3.05, 3.63) is 70.6 Å². The van der Waals surface area contributed by atoms with Gasteiger partial charge in [-0.25, -0.2) is 9.37 Å². The molecule has 0 fully saturated rings. The summed E-state index contributed by atoms with van der Waals surface area (Å²) in [7, 11) is 0. The maximum absolute atomic E-state index is 13.5. The van der Waals surface area contributed by atoms with Gasteiger partial charge in [-0.3, -0.25) is 4.98 Å². The summed E-state index contributed by atoms with van der Waals surface area (Å²) in [5.74, 6) is 0.961. The van der Waals surface area contributed by atoms with Gasteiger partial charge in [-0.15, -0.1) is 11.3 Å². The quantitative estimate of drug-likeness (QED) is 0.475. The topological polar surface area (TPSA) is 73.9 Å². The van der Waals surface area contributed by atoms with Crippen LogP contribution in [0.1, 0.15) is 28.8 Å². The number of nitrogens with zero attached hydrogens (tertiary/aromatic N) is 3. The molecule has 3 aromatic heterocycles. The van der Waals surface area contributed by atoms with Gasteiger partial charge in [0.15, 0.2) is 5.82 Å². The summed E-state index contributed by atoms with van der Waals surface area (Å²) in [5, 5.41) is 1.02. The normalized spacial score (nSPS) is 14.4. The Morgan fingerprint density at radius 3 is 2.77 bits per heavy atom. The first-order valence-electron chi connectivity index (χ1n) is 10.5. The molecule has 0 saturated carbocycles. The Morgan fingerprint density at radius 1 is 1.10 bits per heavy atom. The third kappa shape index (κ3) is 4.29. The van der Waals surface area contributed by atoms with Crippen molar-refractivity contribution in [2.75, 3.05) is 6.61 Å². The molecule has 0 amide bonds. The van der Waals surface area contributed by atoms with Gasteiger partial charge in [0.05, 0.1) is 5.39 Å². The lowest BCUT2D eigenvalue weighted by atomic mass is 9.97. The summed E-state index contributed by atoms with van der Waals surface area (Å²) in [5.41, 5.74) is 9.39. The van der Waals surface area contributed by atoms with Gasteiger partial charge in [0.2, 0.25) is 5.88 Å². The number of fused-ring (bicyclic) bond motifs is 3. The van der Waals surface area contributed by atoms with Crippen molar-refractivity contribution < 1.29 is 9.13 Å². The van der Waals surface area contributed by atoms with Crippen LogP contribution in [0.4, 0.5) is 4.39 Å². The molecular weight excluding hydrogens is 411 g/mol. The number of pyridine rings is 1. The van der Waals surface area contributed by atoms with E-state index in [1.165, 1.54) is 35.4 Å². The monoisotopic (exact) mass is 434 g/mol. The van der Waals surface area contributed by atoms with Gasteiger partial charge in [-0.05, 0) is 67.5 Å². The number of aromatic nitrogens is 3. The van der Waals surface area contributed by atoms with E-state index in [1.54, 1.807) is 29.8 Å². The van der Waals surface area contributed by atoms with Gasteiger partial charge in [0.1, 0.15) is 17.3 Å². The lowest BCUT2D eigenvalue weighted by molar-refractivity contribution is 0.280. The summed E-state index contributed by atoms with van der Waals surface area (Å²) >= 11 is 1.74. The van der Waals surface area contributed by atoms with Gasteiger partial charge in [-0.1, -0.05) is 12.1 Å². The second-order valence-corrected chi connectivity index (χ2v) is 8.97. The molecule has 1 aliphatic carbocycles. The molecule has 0 unspecified atom stereocenters. The van der Waals surface area contributed by atoms with Crippen molar-refractivity contribution in [2.45, 2.75) is 38.1 Å². The Morgan fingerprint density at radius 2 is 1.94 bits per heavy atom. The van der Waals surface area contributed by atoms with E-state index in [0.29, 0.717) is 24.7 Å². The minimum atomic E-state index is -0.273. The first-order valence-corrected chi connectivity index (χ1v) is 11.3. The Balaban J connectivity index is 1.46. The van der Waals surface area contributed by atoms with Crippen molar-refractivity contribution in [1.29, 1.82) is 0 Å². The molecular formula is C24H23FN4OS. The molecule has 1 aromatic carbocycles. The highest BCUT2D eigenvalue weighted by Gasteiger charge is 2.23. The van der Waals surface area contributed by atoms with E-state index in [-0.39, 0.29) is 11.9 Å². The highest BCUT2D eigenvalue weighted by Crippen LogP contribution is 2.40. The van der Waals surface area contributed by atoms with E-state index in [9.17, 15) is 4.39 Å². The van der Waals surface area contributed by atoms with Crippen LogP contribution in [0.15, 0.2) is 48.8 Å². The van der Waals surface area contributed by atoms with Gasteiger partial charge < -0.3 is 10.5 Å². The van der Waals surface area contributed by atoms with Crippen LogP contribution in [0, 0.1) is 5.82 Å². The molecule has 31 heavy (non-hydrogen) atoms. The van der Waals surface area contributed by atoms with Gasteiger partial charge in [0, 0.05) is 28.9 Å². The number of benzene rings is 1. The maximum atomic E-state index is 13.5. The van der Waals surface area contributed by atoms with Gasteiger partial charge in [0.25, 0.3) is 0 Å². The zero-order valence-electron chi connectivity index (χ0n) is 17.1. The Kier molecular flexibility index (Phi) is 5.61. The average molecular weight is 435 g/mol. The standard InChI is InChI=1S/C24H23FN4OS/c25-17-5-3-4-15(12-17)13-18(26)14-30-23-21-19-6-1-2-7-20(19)31-24(21)29-22(28-23)16-8-10-27-11-9-16/h3-5,8-12,18H,1-2,6-7,13-14,26H2/t18-/m0/s1. The molecule has 0 aliphatic heterocycles.